The van der Waals surface area contributed by atoms with E-state index in [1.54, 1.807) is 23.1 Å². The number of carbonyl (C=O) groups is 2. The SMILES string of the molecule is Cc1ccc(N2C(=O)CSC2c2cccc(NC(=O)c3ccc(C(F)(F)F)cc3)c2)cc1. The van der Waals surface area contributed by atoms with Crippen molar-refractivity contribution in [1.29, 1.82) is 0 Å². The van der Waals surface area contributed by atoms with Crippen molar-refractivity contribution >= 4 is 35.0 Å². The monoisotopic (exact) mass is 456 g/mol. The number of halogens is 3. The molecule has 1 N–H and O–H groups in total. The molecule has 3 aromatic carbocycles. The predicted molar refractivity (Wildman–Crippen MR) is 120 cm³/mol. The molecule has 0 bridgehead atoms. The number of benzene rings is 3. The number of amides is 2. The molecule has 0 aromatic heterocycles. The lowest BCUT2D eigenvalue weighted by atomic mass is 10.1. The Kier molecular flexibility index (Phi) is 5.97. The zero-order chi connectivity index (χ0) is 22.9. The van der Waals surface area contributed by atoms with Crippen molar-refractivity contribution in [3.8, 4) is 0 Å². The van der Waals surface area contributed by atoms with Crippen LogP contribution >= 0.6 is 11.8 Å². The van der Waals surface area contributed by atoms with Crippen LogP contribution in [0.4, 0.5) is 24.5 Å². The van der Waals surface area contributed by atoms with Crippen LogP contribution in [0.5, 0.6) is 0 Å². The summed E-state index contributed by atoms with van der Waals surface area (Å²) in [4.78, 5) is 26.8. The lowest BCUT2D eigenvalue weighted by molar-refractivity contribution is -0.137. The molecule has 0 saturated carbocycles. The van der Waals surface area contributed by atoms with Crippen molar-refractivity contribution in [2.24, 2.45) is 0 Å². The average Bonchev–Trinajstić information content (AvgIpc) is 3.15. The lowest BCUT2D eigenvalue weighted by Gasteiger charge is -2.25. The molecule has 0 spiro atoms. The molecule has 2 amide bonds. The van der Waals surface area contributed by atoms with Gasteiger partial charge >= 0.3 is 6.18 Å². The van der Waals surface area contributed by atoms with Gasteiger partial charge < -0.3 is 5.32 Å². The Morgan fingerprint density at radius 3 is 2.38 bits per heavy atom. The quantitative estimate of drug-likeness (QED) is 0.520. The molecule has 0 radical (unpaired) electrons. The van der Waals surface area contributed by atoms with Gasteiger partial charge in [-0.15, -0.1) is 11.8 Å². The number of anilines is 2. The van der Waals surface area contributed by atoms with E-state index in [9.17, 15) is 22.8 Å². The van der Waals surface area contributed by atoms with Crippen molar-refractivity contribution in [3.63, 3.8) is 0 Å². The van der Waals surface area contributed by atoms with E-state index in [4.69, 9.17) is 0 Å². The molecule has 1 aliphatic rings. The maximum atomic E-state index is 12.7. The molecule has 1 fully saturated rings. The summed E-state index contributed by atoms with van der Waals surface area (Å²) in [6.07, 6.45) is -4.46. The van der Waals surface area contributed by atoms with Crippen LogP contribution in [-0.2, 0) is 11.0 Å². The van der Waals surface area contributed by atoms with E-state index in [1.165, 1.54) is 11.8 Å². The van der Waals surface area contributed by atoms with E-state index < -0.39 is 17.6 Å². The van der Waals surface area contributed by atoms with Crippen LogP contribution in [0, 0.1) is 6.92 Å². The second-order valence-corrected chi connectivity index (χ2v) is 8.49. The number of thioether (sulfide) groups is 1. The number of hydrogen-bond acceptors (Lipinski definition) is 3. The molecule has 0 aliphatic carbocycles. The predicted octanol–water partition coefficient (Wildman–Crippen LogP) is 6.04. The summed E-state index contributed by atoms with van der Waals surface area (Å²) in [6, 6.07) is 18.9. The second kappa shape index (κ2) is 8.70. The highest BCUT2D eigenvalue weighted by Crippen LogP contribution is 2.42. The second-order valence-electron chi connectivity index (χ2n) is 7.42. The summed E-state index contributed by atoms with van der Waals surface area (Å²) in [5, 5.41) is 2.48. The first-order valence-corrected chi connectivity index (χ1v) is 10.9. The molecule has 1 heterocycles. The Bertz CT molecular complexity index is 1150. The van der Waals surface area contributed by atoms with Crippen LogP contribution in [0.3, 0.4) is 0 Å². The van der Waals surface area contributed by atoms with Gasteiger partial charge in [0.15, 0.2) is 0 Å². The number of alkyl halides is 3. The zero-order valence-corrected chi connectivity index (χ0v) is 17.8. The fourth-order valence-electron chi connectivity index (χ4n) is 3.44. The largest absolute Gasteiger partial charge is 0.416 e. The van der Waals surface area contributed by atoms with Crippen molar-refractivity contribution in [2.45, 2.75) is 18.5 Å². The highest BCUT2D eigenvalue weighted by Gasteiger charge is 2.34. The minimum Gasteiger partial charge on any atom is -0.322 e. The van der Waals surface area contributed by atoms with Gasteiger partial charge in [-0.2, -0.15) is 13.2 Å². The molecule has 4 rings (SSSR count). The van der Waals surface area contributed by atoms with E-state index in [2.05, 4.69) is 5.32 Å². The van der Waals surface area contributed by atoms with Crippen LogP contribution in [0.2, 0.25) is 0 Å². The fraction of sp³-hybridized carbons (Fsp3) is 0.167. The van der Waals surface area contributed by atoms with Crippen molar-refractivity contribution in [1.82, 2.24) is 0 Å². The number of aryl methyl sites for hydroxylation is 1. The summed E-state index contributed by atoms with van der Waals surface area (Å²) < 4.78 is 38.2. The molecular weight excluding hydrogens is 437 g/mol. The number of carbonyl (C=O) groups excluding carboxylic acids is 2. The van der Waals surface area contributed by atoms with E-state index in [0.29, 0.717) is 11.4 Å². The molecule has 1 atom stereocenters. The van der Waals surface area contributed by atoms with Crippen LogP contribution in [0.1, 0.15) is 32.4 Å². The molecule has 164 valence electrons. The molecule has 4 nitrogen and oxygen atoms in total. The Morgan fingerprint density at radius 1 is 1.03 bits per heavy atom. The topological polar surface area (TPSA) is 49.4 Å². The molecule has 3 aromatic rings. The summed E-state index contributed by atoms with van der Waals surface area (Å²) in [7, 11) is 0. The van der Waals surface area contributed by atoms with Gasteiger partial charge in [0.25, 0.3) is 5.91 Å². The first kappa shape index (κ1) is 22.0. The van der Waals surface area contributed by atoms with Gasteiger partial charge in [0.05, 0.1) is 11.3 Å². The summed E-state index contributed by atoms with van der Waals surface area (Å²) >= 11 is 1.50. The first-order valence-electron chi connectivity index (χ1n) is 9.81. The first-order chi connectivity index (χ1) is 15.2. The maximum absolute atomic E-state index is 12.7. The third kappa shape index (κ3) is 4.65. The Labute approximate surface area is 187 Å². The van der Waals surface area contributed by atoms with E-state index in [0.717, 1.165) is 41.1 Å². The van der Waals surface area contributed by atoms with Gasteiger partial charge in [0.1, 0.15) is 5.37 Å². The highest BCUT2D eigenvalue weighted by atomic mass is 32.2. The minimum atomic E-state index is -4.46. The van der Waals surface area contributed by atoms with Gasteiger partial charge in [0, 0.05) is 16.9 Å². The summed E-state index contributed by atoms with van der Waals surface area (Å²) in [5.41, 5.74) is 2.54. The number of hydrogen-bond donors (Lipinski definition) is 1. The minimum absolute atomic E-state index is 0.00282. The van der Waals surface area contributed by atoms with Crippen molar-refractivity contribution in [3.05, 3.63) is 95.1 Å². The number of rotatable bonds is 4. The van der Waals surface area contributed by atoms with Gasteiger partial charge in [0.2, 0.25) is 5.91 Å². The standard InChI is InChI=1S/C24H19F3N2O2S/c1-15-5-11-20(12-6-15)29-21(30)14-32-23(29)17-3-2-4-19(13-17)28-22(31)16-7-9-18(10-8-16)24(25,26)27/h2-13,23H,14H2,1H3,(H,28,31). The van der Waals surface area contributed by atoms with Crippen LogP contribution in [0.15, 0.2) is 72.8 Å². The molecular formula is C24H19F3N2O2S. The fourth-order valence-corrected chi connectivity index (χ4v) is 4.61. The number of nitrogens with zero attached hydrogens (tertiary/aromatic N) is 1. The van der Waals surface area contributed by atoms with Gasteiger partial charge in [-0.1, -0.05) is 29.8 Å². The zero-order valence-electron chi connectivity index (χ0n) is 17.0. The molecule has 1 unspecified atom stereocenters. The van der Waals surface area contributed by atoms with Crippen molar-refractivity contribution < 1.29 is 22.8 Å². The van der Waals surface area contributed by atoms with Crippen molar-refractivity contribution in [2.75, 3.05) is 16.0 Å². The normalized spacial score (nSPS) is 16.3. The van der Waals surface area contributed by atoms with Crippen LogP contribution < -0.4 is 10.2 Å². The van der Waals surface area contributed by atoms with E-state index in [-0.39, 0.29) is 16.8 Å². The average molecular weight is 456 g/mol. The Hall–Kier alpha value is -3.26. The lowest BCUT2D eigenvalue weighted by Crippen LogP contribution is -2.27. The Morgan fingerprint density at radius 2 is 1.72 bits per heavy atom. The third-order valence-corrected chi connectivity index (χ3v) is 6.30. The maximum Gasteiger partial charge on any atom is 0.416 e. The summed E-state index contributed by atoms with van der Waals surface area (Å²) in [6.45, 7) is 1.98. The smallest absolute Gasteiger partial charge is 0.322 e. The van der Waals surface area contributed by atoms with Gasteiger partial charge in [-0.05, 0) is 61.0 Å². The third-order valence-electron chi connectivity index (χ3n) is 5.08. The molecule has 1 saturated heterocycles. The summed E-state index contributed by atoms with van der Waals surface area (Å²) in [5.74, 6) is -0.162. The van der Waals surface area contributed by atoms with Crippen LogP contribution in [-0.4, -0.2) is 17.6 Å². The van der Waals surface area contributed by atoms with E-state index in [1.807, 2.05) is 37.3 Å². The molecule has 32 heavy (non-hydrogen) atoms. The van der Waals surface area contributed by atoms with Gasteiger partial charge in [-0.25, -0.2) is 0 Å². The van der Waals surface area contributed by atoms with E-state index >= 15 is 0 Å². The molecule has 8 heteroatoms. The van der Waals surface area contributed by atoms with Gasteiger partial charge in [-0.3, -0.25) is 14.5 Å². The molecule has 1 aliphatic heterocycles. The Balaban J connectivity index is 1.53. The highest BCUT2D eigenvalue weighted by molar-refractivity contribution is 8.00. The number of nitrogens with one attached hydrogen (secondary N) is 1. The van der Waals surface area contributed by atoms with Crippen LogP contribution in [0.25, 0.3) is 0 Å².